The molecule has 21 heavy (non-hydrogen) atoms. The molecule has 0 atom stereocenters. The van der Waals surface area contributed by atoms with Crippen molar-refractivity contribution in [2.45, 2.75) is 20.0 Å². The lowest BCUT2D eigenvalue weighted by Gasteiger charge is -2.12. The number of rotatable bonds is 6. The summed E-state index contributed by atoms with van der Waals surface area (Å²) in [5.74, 6) is -0.102. The molecule has 4 nitrogen and oxygen atoms in total. The summed E-state index contributed by atoms with van der Waals surface area (Å²) in [6, 6.07) is 7.08. The van der Waals surface area contributed by atoms with E-state index in [4.69, 9.17) is 14.6 Å². The first-order chi connectivity index (χ1) is 10.0. The van der Waals surface area contributed by atoms with Crippen LogP contribution in [0.15, 0.2) is 28.7 Å². The molecule has 1 aromatic heterocycles. The summed E-state index contributed by atoms with van der Waals surface area (Å²) in [6.45, 7) is 2.53. The lowest BCUT2D eigenvalue weighted by molar-refractivity contribution is 0.0696. The molecule has 0 aliphatic carbocycles. The van der Waals surface area contributed by atoms with Gasteiger partial charge in [-0.3, -0.25) is 0 Å². The van der Waals surface area contributed by atoms with E-state index >= 15 is 0 Å². The molecule has 0 spiro atoms. The molecule has 1 heterocycles. The maximum absolute atomic E-state index is 11.0. The summed E-state index contributed by atoms with van der Waals surface area (Å²) in [7, 11) is 1.49. The number of ether oxygens (including phenoxy) is 2. The van der Waals surface area contributed by atoms with E-state index in [1.807, 2.05) is 6.07 Å². The van der Waals surface area contributed by atoms with Gasteiger partial charge in [0, 0.05) is 9.75 Å². The molecular weight excluding hydrogens is 356 g/mol. The van der Waals surface area contributed by atoms with Crippen LogP contribution < -0.4 is 9.47 Å². The molecule has 0 saturated heterocycles. The molecule has 0 fully saturated rings. The van der Waals surface area contributed by atoms with Crippen molar-refractivity contribution in [2.24, 2.45) is 0 Å². The van der Waals surface area contributed by atoms with Crippen LogP contribution in [0.25, 0.3) is 0 Å². The number of benzene rings is 1. The molecule has 0 saturated carbocycles. The molecule has 0 amide bonds. The second-order valence-electron chi connectivity index (χ2n) is 4.30. The Hall–Kier alpha value is -1.53. The average Bonchev–Trinajstić information content (AvgIpc) is 2.93. The van der Waals surface area contributed by atoms with E-state index in [2.05, 4.69) is 28.9 Å². The first-order valence-corrected chi connectivity index (χ1v) is 7.97. The van der Waals surface area contributed by atoms with Gasteiger partial charge in [0.15, 0.2) is 11.5 Å². The fourth-order valence-electron chi connectivity index (χ4n) is 1.82. The van der Waals surface area contributed by atoms with Gasteiger partial charge in [-0.15, -0.1) is 11.3 Å². The number of hydrogen-bond acceptors (Lipinski definition) is 4. The van der Waals surface area contributed by atoms with Gasteiger partial charge in [0.05, 0.1) is 17.1 Å². The van der Waals surface area contributed by atoms with Crippen molar-refractivity contribution in [1.82, 2.24) is 0 Å². The van der Waals surface area contributed by atoms with Crippen molar-refractivity contribution < 1.29 is 19.4 Å². The summed E-state index contributed by atoms with van der Waals surface area (Å²) in [6.07, 6.45) is 1.00. The third-order valence-corrected chi connectivity index (χ3v) is 4.69. The lowest BCUT2D eigenvalue weighted by Crippen LogP contribution is -2.01. The van der Waals surface area contributed by atoms with Crippen LogP contribution in [-0.4, -0.2) is 18.2 Å². The number of hydrogen-bond donors (Lipinski definition) is 1. The third kappa shape index (κ3) is 3.77. The summed E-state index contributed by atoms with van der Waals surface area (Å²) in [5.41, 5.74) is 0.149. The Bertz CT molecular complexity index is 651. The minimum atomic E-state index is -1.01. The predicted molar refractivity (Wildman–Crippen MR) is 85.7 cm³/mol. The van der Waals surface area contributed by atoms with Gasteiger partial charge in [-0.2, -0.15) is 0 Å². The molecule has 1 N–H and O–H groups in total. The molecule has 1 aromatic carbocycles. The standard InChI is InChI=1S/C15H15BrO4S/c1-3-10-4-5-11(21-10)8-20-14-12(16)6-9(15(17)18)7-13(14)19-2/h4-7H,3,8H2,1-2H3,(H,17,18). The average molecular weight is 371 g/mol. The van der Waals surface area contributed by atoms with Gasteiger partial charge < -0.3 is 14.6 Å². The minimum absolute atomic E-state index is 0.149. The van der Waals surface area contributed by atoms with Crippen molar-refractivity contribution in [3.05, 3.63) is 44.1 Å². The van der Waals surface area contributed by atoms with Gasteiger partial charge in [-0.1, -0.05) is 6.92 Å². The Morgan fingerprint density at radius 3 is 2.62 bits per heavy atom. The van der Waals surface area contributed by atoms with Crippen LogP contribution >= 0.6 is 27.3 Å². The molecule has 6 heteroatoms. The maximum atomic E-state index is 11.0. The zero-order chi connectivity index (χ0) is 15.4. The van der Waals surface area contributed by atoms with E-state index in [0.717, 1.165) is 11.3 Å². The summed E-state index contributed by atoms with van der Waals surface area (Å²) < 4.78 is 11.6. The van der Waals surface area contributed by atoms with E-state index in [1.165, 1.54) is 24.1 Å². The quantitative estimate of drug-likeness (QED) is 0.820. The summed E-state index contributed by atoms with van der Waals surface area (Å²) in [5, 5.41) is 9.04. The number of aromatic carboxylic acids is 1. The highest BCUT2D eigenvalue weighted by molar-refractivity contribution is 9.10. The summed E-state index contributed by atoms with van der Waals surface area (Å²) in [4.78, 5) is 13.5. The third-order valence-electron chi connectivity index (χ3n) is 2.90. The van der Waals surface area contributed by atoms with Gasteiger partial charge >= 0.3 is 5.97 Å². The zero-order valence-corrected chi connectivity index (χ0v) is 14.1. The van der Waals surface area contributed by atoms with Gasteiger partial charge in [-0.05, 0) is 46.6 Å². The zero-order valence-electron chi connectivity index (χ0n) is 11.7. The Morgan fingerprint density at radius 1 is 1.33 bits per heavy atom. The fourth-order valence-corrected chi connectivity index (χ4v) is 3.24. The lowest BCUT2D eigenvalue weighted by atomic mass is 10.2. The number of carboxylic acid groups (broad SMARTS) is 1. The predicted octanol–water partition coefficient (Wildman–Crippen LogP) is 4.36. The first-order valence-electron chi connectivity index (χ1n) is 6.36. The first kappa shape index (κ1) is 15.9. The van der Waals surface area contributed by atoms with Crippen LogP contribution in [0, 0.1) is 0 Å². The van der Waals surface area contributed by atoms with E-state index < -0.39 is 5.97 Å². The Labute approximate surface area is 135 Å². The normalized spacial score (nSPS) is 10.4. The second kappa shape index (κ2) is 6.95. The highest BCUT2D eigenvalue weighted by Crippen LogP contribution is 2.37. The molecular formula is C15H15BrO4S. The number of carbonyl (C=O) groups is 1. The van der Waals surface area contributed by atoms with E-state index in [-0.39, 0.29) is 5.56 Å². The van der Waals surface area contributed by atoms with Crippen LogP contribution in [0.3, 0.4) is 0 Å². The summed E-state index contributed by atoms with van der Waals surface area (Å²) >= 11 is 5.04. The molecule has 0 aliphatic rings. The van der Waals surface area contributed by atoms with Crippen LogP contribution in [0.4, 0.5) is 0 Å². The van der Waals surface area contributed by atoms with Crippen molar-refractivity contribution in [2.75, 3.05) is 7.11 Å². The van der Waals surface area contributed by atoms with Crippen LogP contribution in [0.1, 0.15) is 27.0 Å². The highest BCUT2D eigenvalue weighted by atomic mass is 79.9. The smallest absolute Gasteiger partial charge is 0.335 e. The Kier molecular flexibility index (Phi) is 5.25. The van der Waals surface area contributed by atoms with Gasteiger partial charge in [0.1, 0.15) is 6.61 Å². The molecule has 2 rings (SSSR count). The molecule has 112 valence electrons. The van der Waals surface area contributed by atoms with E-state index in [0.29, 0.717) is 22.6 Å². The molecule has 0 unspecified atom stereocenters. The monoisotopic (exact) mass is 370 g/mol. The second-order valence-corrected chi connectivity index (χ2v) is 6.41. The van der Waals surface area contributed by atoms with Crippen molar-refractivity contribution in [1.29, 1.82) is 0 Å². The Balaban J connectivity index is 2.20. The van der Waals surface area contributed by atoms with Gasteiger partial charge in [0.25, 0.3) is 0 Å². The Morgan fingerprint density at radius 2 is 2.05 bits per heavy atom. The number of halogens is 1. The SMILES string of the molecule is CCc1ccc(COc2c(Br)cc(C(=O)O)cc2OC)s1. The van der Waals surface area contributed by atoms with Crippen molar-refractivity contribution >= 4 is 33.2 Å². The topological polar surface area (TPSA) is 55.8 Å². The van der Waals surface area contributed by atoms with Gasteiger partial charge in [0.2, 0.25) is 0 Å². The van der Waals surface area contributed by atoms with Gasteiger partial charge in [-0.25, -0.2) is 4.79 Å². The largest absolute Gasteiger partial charge is 0.493 e. The molecule has 2 aromatic rings. The van der Waals surface area contributed by atoms with Crippen molar-refractivity contribution in [3.63, 3.8) is 0 Å². The van der Waals surface area contributed by atoms with Crippen molar-refractivity contribution in [3.8, 4) is 11.5 Å². The molecule has 0 aliphatic heterocycles. The number of methoxy groups -OCH3 is 1. The number of thiophene rings is 1. The van der Waals surface area contributed by atoms with E-state index in [1.54, 1.807) is 11.3 Å². The molecule has 0 bridgehead atoms. The number of carboxylic acids is 1. The van der Waals surface area contributed by atoms with Crippen LogP contribution in [0.5, 0.6) is 11.5 Å². The van der Waals surface area contributed by atoms with Crippen LogP contribution in [0.2, 0.25) is 0 Å². The fraction of sp³-hybridized carbons (Fsp3) is 0.267. The number of aryl methyl sites for hydroxylation is 1. The highest BCUT2D eigenvalue weighted by Gasteiger charge is 2.15. The minimum Gasteiger partial charge on any atom is -0.493 e. The van der Waals surface area contributed by atoms with Crippen LogP contribution in [-0.2, 0) is 13.0 Å². The maximum Gasteiger partial charge on any atom is 0.335 e. The molecule has 0 radical (unpaired) electrons. The van der Waals surface area contributed by atoms with E-state index in [9.17, 15) is 4.79 Å².